The van der Waals surface area contributed by atoms with E-state index in [1.165, 1.54) is 5.56 Å². The van der Waals surface area contributed by atoms with Crippen LogP contribution < -0.4 is 5.43 Å². The number of halogens is 1. The standard InChI is InChI=1S/C11H15BrN2OS/c1-8-6-9(12)4-5-10(8)16-7-11(15)13-14(2)3/h4-6H,7H2,1-3H3,(H,13,15). The Hall–Kier alpha value is -0.520. The van der Waals surface area contributed by atoms with Crippen molar-refractivity contribution in [1.29, 1.82) is 0 Å². The summed E-state index contributed by atoms with van der Waals surface area (Å²) in [5, 5.41) is 1.65. The molecule has 0 aromatic heterocycles. The van der Waals surface area contributed by atoms with Gasteiger partial charge in [-0.25, -0.2) is 5.01 Å². The molecular weight excluding hydrogens is 288 g/mol. The average Bonchev–Trinajstić information content (AvgIpc) is 2.15. The lowest BCUT2D eigenvalue weighted by Crippen LogP contribution is -2.37. The van der Waals surface area contributed by atoms with Gasteiger partial charge in [0.2, 0.25) is 5.91 Å². The van der Waals surface area contributed by atoms with Gasteiger partial charge in [-0.2, -0.15) is 0 Å². The molecule has 5 heteroatoms. The molecule has 1 amide bonds. The maximum Gasteiger partial charge on any atom is 0.244 e. The lowest BCUT2D eigenvalue weighted by atomic mass is 10.2. The highest BCUT2D eigenvalue weighted by atomic mass is 79.9. The van der Waals surface area contributed by atoms with Crippen LogP contribution in [0.1, 0.15) is 5.56 Å². The van der Waals surface area contributed by atoms with Gasteiger partial charge in [-0.15, -0.1) is 11.8 Å². The largest absolute Gasteiger partial charge is 0.289 e. The first kappa shape index (κ1) is 13.5. The molecule has 0 atom stereocenters. The molecule has 0 bridgehead atoms. The average molecular weight is 303 g/mol. The van der Waals surface area contributed by atoms with E-state index in [4.69, 9.17) is 0 Å². The number of nitrogens with zero attached hydrogens (tertiary/aromatic N) is 1. The summed E-state index contributed by atoms with van der Waals surface area (Å²) in [4.78, 5) is 12.6. The molecule has 3 nitrogen and oxygen atoms in total. The van der Waals surface area contributed by atoms with Gasteiger partial charge < -0.3 is 0 Å². The molecule has 0 radical (unpaired) electrons. The molecule has 0 aliphatic carbocycles. The Morgan fingerprint density at radius 3 is 2.75 bits per heavy atom. The monoisotopic (exact) mass is 302 g/mol. The topological polar surface area (TPSA) is 32.3 Å². The van der Waals surface area contributed by atoms with E-state index in [-0.39, 0.29) is 5.91 Å². The summed E-state index contributed by atoms with van der Waals surface area (Å²) in [5.41, 5.74) is 3.89. The summed E-state index contributed by atoms with van der Waals surface area (Å²) in [7, 11) is 3.60. The first-order valence-corrected chi connectivity index (χ1v) is 6.62. The van der Waals surface area contributed by atoms with Crippen molar-refractivity contribution in [2.45, 2.75) is 11.8 Å². The Balaban J connectivity index is 2.51. The maximum atomic E-state index is 11.4. The molecule has 0 saturated carbocycles. The van der Waals surface area contributed by atoms with Crippen LogP contribution in [0.5, 0.6) is 0 Å². The van der Waals surface area contributed by atoms with E-state index in [1.54, 1.807) is 30.9 Å². The summed E-state index contributed by atoms with van der Waals surface area (Å²) in [5.74, 6) is 0.443. The van der Waals surface area contributed by atoms with E-state index in [0.29, 0.717) is 5.75 Å². The zero-order chi connectivity index (χ0) is 12.1. The summed E-state index contributed by atoms with van der Waals surface area (Å²) < 4.78 is 1.06. The fourth-order valence-corrected chi connectivity index (χ4v) is 2.48. The second-order valence-corrected chi connectivity index (χ2v) is 5.56. The third-order valence-corrected chi connectivity index (χ3v) is 3.51. The second kappa shape index (κ2) is 6.27. The molecule has 0 unspecified atom stereocenters. The molecule has 88 valence electrons. The van der Waals surface area contributed by atoms with Gasteiger partial charge >= 0.3 is 0 Å². The van der Waals surface area contributed by atoms with E-state index in [0.717, 1.165) is 9.37 Å². The van der Waals surface area contributed by atoms with Gasteiger partial charge in [-0.1, -0.05) is 15.9 Å². The molecule has 0 heterocycles. The zero-order valence-electron chi connectivity index (χ0n) is 9.58. The van der Waals surface area contributed by atoms with Crippen molar-refractivity contribution in [3.8, 4) is 0 Å². The van der Waals surface area contributed by atoms with Crippen molar-refractivity contribution in [3.63, 3.8) is 0 Å². The van der Waals surface area contributed by atoms with Crippen molar-refractivity contribution in [2.75, 3.05) is 19.8 Å². The number of carbonyl (C=O) groups excluding carboxylic acids is 1. The Bertz CT molecular complexity index is 382. The minimum absolute atomic E-state index is 0.0114. The van der Waals surface area contributed by atoms with Gasteiger partial charge in [0, 0.05) is 23.5 Å². The van der Waals surface area contributed by atoms with Gasteiger partial charge in [0.1, 0.15) is 0 Å². The van der Waals surface area contributed by atoms with Crippen LogP contribution in [0, 0.1) is 6.92 Å². The van der Waals surface area contributed by atoms with E-state index < -0.39 is 0 Å². The molecule has 0 aliphatic heterocycles. The smallest absolute Gasteiger partial charge is 0.244 e. The molecule has 0 spiro atoms. The van der Waals surface area contributed by atoms with Gasteiger partial charge in [0.05, 0.1) is 5.75 Å². The molecule has 1 aromatic rings. The maximum absolute atomic E-state index is 11.4. The molecule has 1 rings (SSSR count). The molecule has 16 heavy (non-hydrogen) atoms. The Morgan fingerprint density at radius 1 is 1.50 bits per heavy atom. The fraction of sp³-hybridized carbons (Fsp3) is 0.364. The summed E-state index contributed by atoms with van der Waals surface area (Å²) in [6, 6.07) is 6.05. The highest BCUT2D eigenvalue weighted by Crippen LogP contribution is 2.24. The number of hydrazine groups is 1. The number of hydrogen-bond donors (Lipinski definition) is 1. The van der Waals surface area contributed by atoms with Crippen LogP contribution in [0.2, 0.25) is 0 Å². The van der Waals surface area contributed by atoms with Crippen molar-refractivity contribution in [3.05, 3.63) is 28.2 Å². The molecule has 1 aromatic carbocycles. The number of rotatable bonds is 4. The minimum Gasteiger partial charge on any atom is -0.289 e. The van der Waals surface area contributed by atoms with Gasteiger partial charge in [0.25, 0.3) is 0 Å². The Labute approximate surface area is 109 Å². The van der Waals surface area contributed by atoms with Crippen LogP contribution in [-0.4, -0.2) is 30.8 Å². The third kappa shape index (κ3) is 4.55. The third-order valence-electron chi connectivity index (χ3n) is 1.84. The van der Waals surface area contributed by atoms with Crippen molar-refractivity contribution in [1.82, 2.24) is 10.4 Å². The molecule has 0 saturated heterocycles. The highest BCUT2D eigenvalue weighted by molar-refractivity contribution is 9.10. The highest BCUT2D eigenvalue weighted by Gasteiger charge is 2.05. The molecular formula is C11H15BrN2OS. The van der Waals surface area contributed by atoms with Gasteiger partial charge in [-0.3, -0.25) is 10.2 Å². The van der Waals surface area contributed by atoms with E-state index in [1.807, 2.05) is 25.1 Å². The van der Waals surface area contributed by atoms with Crippen LogP contribution in [-0.2, 0) is 4.79 Å². The number of benzene rings is 1. The number of amides is 1. The first-order valence-electron chi connectivity index (χ1n) is 4.85. The zero-order valence-corrected chi connectivity index (χ0v) is 12.0. The van der Waals surface area contributed by atoms with Gasteiger partial charge in [-0.05, 0) is 30.7 Å². The lowest BCUT2D eigenvalue weighted by Gasteiger charge is -2.12. The van der Waals surface area contributed by atoms with Crippen LogP contribution in [0.3, 0.4) is 0 Å². The molecule has 0 fully saturated rings. The number of thioether (sulfide) groups is 1. The van der Waals surface area contributed by atoms with Crippen LogP contribution >= 0.6 is 27.7 Å². The van der Waals surface area contributed by atoms with E-state index in [2.05, 4.69) is 21.4 Å². The number of nitrogens with one attached hydrogen (secondary N) is 1. The minimum atomic E-state index is 0.0114. The lowest BCUT2D eigenvalue weighted by molar-refractivity contribution is -0.122. The number of hydrogen-bond acceptors (Lipinski definition) is 3. The molecule has 0 aliphatic rings. The second-order valence-electron chi connectivity index (χ2n) is 3.63. The summed E-state index contributed by atoms with van der Waals surface area (Å²) >= 11 is 4.96. The summed E-state index contributed by atoms with van der Waals surface area (Å²) in [6.07, 6.45) is 0. The first-order chi connectivity index (χ1) is 7.49. The van der Waals surface area contributed by atoms with Crippen molar-refractivity contribution >= 4 is 33.6 Å². The van der Waals surface area contributed by atoms with Crippen LogP contribution in [0.15, 0.2) is 27.6 Å². The van der Waals surface area contributed by atoms with E-state index in [9.17, 15) is 4.79 Å². The van der Waals surface area contributed by atoms with E-state index >= 15 is 0 Å². The van der Waals surface area contributed by atoms with Crippen molar-refractivity contribution < 1.29 is 4.79 Å². The quantitative estimate of drug-likeness (QED) is 0.685. The van der Waals surface area contributed by atoms with Gasteiger partial charge in [0.15, 0.2) is 0 Å². The fourth-order valence-electron chi connectivity index (χ4n) is 1.20. The Morgan fingerprint density at radius 2 is 2.19 bits per heavy atom. The molecule has 1 N–H and O–H groups in total. The van der Waals surface area contributed by atoms with Crippen LogP contribution in [0.25, 0.3) is 0 Å². The predicted octanol–water partition coefficient (Wildman–Crippen LogP) is 2.44. The van der Waals surface area contributed by atoms with Crippen molar-refractivity contribution in [2.24, 2.45) is 0 Å². The predicted molar refractivity (Wildman–Crippen MR) is 71.4 cm³/mol. The number of aryl methyl sites for hydroxylation is 1. The SMILES string of the molecule is Cc1cc(Br)ccc1SCC(=O)NN(C)C. The number of carbonyl (C=O) groups is 1. The Kier molecular flexibility index (Phi) is 5.31. The summed E-state index contributed by atoms with van der Waals surface area (Å²) in [6.45, 7) is 2.04. The normalized spacial score (nSPS) is 10.6. The van der Waals surface area contributed by atoms with Crippen LogP contribution in [0.4, 0.5) is 0 Å².